The van der Waals surface area contributed by atoms with Gasteiger partial charge in [-0.3, -0.25) is 4.79 Å². The maximum absolute atomic E-state index is 12.6. The number of nitrogens with zero attached hydrogens (tertiary/aromatic N) is 3. The first-order chi connectivity index (χ1) is 14.6. The van der Waals surface area contributed by atoms with E-state index in [0.29, 0.717) is 0 Å². The van der Waals surface area contributed by atoms with E-state index in [9.17, 15) is 4.79 Å². The molecule has 4 aromatic rings. The molecule has 0 saturated carbocycles. The minimum absolute atomic E-state index is 0.0692. The molecule has 0 spiro atoms. The second kappa shape index (κ2) is 7.52. The van der Waals surface area contributed by atoms with Crippen LogP contribution in [0.3, 0.4) is 0 Å². The normalized spacial score (nSPS) is 14.7. The van der Waals surface area contributed by atoms with Crippen molar-refractivity contribution in [3.63, 3.8) is 0 Å². The van der Waals surface area contributed by atoms with Gasteiger partial charge in [0.05, 0.1) is 17.0 Å². The van der Waals surface area contributed by atoms with Gasteiger partial charge < -0.3 is 14.6 Å². The van der Waals surface area contributed by atoms with E-state index in [0.717, 1.165) is 65.2 Å². The van der Waals surface area contributed by atoms with Crippen LogP contribution < -0.4 is 15.2 Å². The molecule has 0 unspecified atom stereocenters. The number of ether oxygens (including phenoxy) is 1. The third kappa shape index (κ3) is 3.22. The molecule has 30 heavy (non-hydrogen) atoms. The van der Waals surface area contributed by atoms with Crippen molar-refractivity contribution in [3.05, 3.63) is 58.9 Å². The molecule has 0 bridgehead atoms. The van der Waals surface area contributed by atoms with Crippen LogP contribution in [0.2, 0.25) is 0 Å². The van der Waals surface area contributed by atoms with Gasteiger partial charge in [0.1, 0.15) is 17.2 Å². The average Bonchev–Trinajstić information content (AvgIpc) is 3.12. The smallest absolute Gasteiger partial charge is 0.253 e. The number of nitrogens with one attached hydrogen (secondary N) is 1. The summed E-state index contributed by atoms with van der Waals surface area (Å²) < 4.78 is 7.97. The molecule has 0 amide bonds. The van der Waals surface area contributed by atoms with Gasteiger partial charge in [-0.15, -0.1) is 0 Å². The number of para-hydroxylation sites is 1. The van der Waals surface area contributed by atoms with E-state index < -0.39 is 0 Å². The minimum Gasteiger partial charge on any atom is -0.490 e. The van der Waals surface area contributed by atoms with E-state index in [-0.39, 0.29) is 11.7 Å². The van der Waals surface area contributed by atoms with Crippen LogP contribution in [-0.4, -0.2) is 33.8 Å². The number of rotatable bonds is 4. The summed E-state index contributed by atoms with van der Waals surface area (Å²) in [6.07, 6.45) is 3.58. The topological polar surface area (TPSA) is 62.6 Å². The fraction of sp³-hybridized carbons (Fsp3) is 0.333. The monoisotopic (exact) mass is 402 g/mol. The van der Waals surface area contributed by atoms with Gasteiger partial charge >= 0.3 is 0 Å². The second-order valence-electron chi connectivity index (χ2n) is 8.16. The first-order valence-electron chi connectivity index (χ1n) is 10.7. The highest BCUT2D eigenvalue weighted by Crippen LogP contribution is 2.37. The molecule has 1 saturated heterocycles. The number of piperidine rings is 1. The number of aromatic nitrogens is 3. The highest BCUT2D eigenvalue weighted by Gasteiger charge is 2.20. The molecule has 2 aromatic heterocycles. The quantitative estimate of drug-likeness (QED) is 0.541. The van der Waals surface area contributed by atoms with Crippen LogP contribution in [0.15, 0.2) is 53.3 Å². The van der Waals surface area contributed by atoms with Crippen LogP contribution in [0.1, 0.15) is 33.1 Å². The maximum atomic E-state index is 12.6. The van der Waals surface area contributed by atoms with Crippen molar-refractivity contribution in [2.75, 3.05) is 18.0 Å². The summed E-state index contributed by atoms with van der Waals surface area (Å²) in [4.78, 5) is 17.9. The van der Waals surface area contributed by atoms with Crippen molar-refractivity contribution >= 4 is 22.4 Å². The molecule has 1 N–H and O–H groups in total. The lowest BCUT2D eigenvalue weighted by Gasteiger charge is -2.28. The van der Waals surface area contributed by atoms with Gasteiger partial charge in [0, 0.05) is 24.7 Å². The summed E-state index contributed by atoms with van der Waals surface area (Å²) >= 11 is 0. The molecule has 6 heteroatoms. The average molecular weight is 402 g/mol. The van der Waals surface area contributed by atoms with Crippen LogP contribution in [0, 0.1) is 0 Å². The van der Waals surface area contributed by atoms with Crippen LogP contribution in [0.25, 0.3) is 27.7 Å². The number of aromatic amines is 1. The third-order valence-electron chi connectivity index (χ3n) is 5.64. The highest BCUT2D eigenvalue weighted by molar-refractivity contribution is 6.05. The minimum atomic E-state index is -0.105. The van der Waals surface area contributed by atoms with Crippen LogP contribution in [-0.2, 0) is 0 Å². The molecule has 0 radical (unpaired) electrons. The van der Waals surface area contributed by atoms with Crippen molar-refractivity contribution < 1.29 is 4.74 Å². The Bertz CT molecular complexity index is 1270. The Balaban J connectivity index is 1.77. The van der Waals surface area contributed by atoms with E-state index in [1.54, 1.807) is 6.07 Å². The second-order valence-corrected chi connectivity index (χ2v) is 8.16. The molecule has 1 aliphatic heterocycles. The van der Waals surface area contributed by atoms with E-state index in [1.807, 2.05) is 48.7 Å². The Morgan fingerprint density at radius 2 is 1.77 bits per heavy atom. The molecule has 154 valence electrons. The summed E-state index contributed by atoms with van der Waals surface area (Å²) in [7, 11) is 0. The fourth-order valence-electron chi connectivity index (χ4n) is 4.37. The molecule has 0 atom stereocenters. The lowest BCUT2D eigenvalue weighted by atomic mass is 10.0. The summed E-state index contributed by atoms with van der Waals surface area (Å²) in [6, 6.07) is 15.8. The van der Waals surface area contributed by atoms with Crippen molar-refractivity contribution in [2.45, 2.75) is 39.2 Å². The van der Waals surface area contributed by atoms with Gasteiger partial charge in [-0.1, -0.05) is 30.3 Å². The zero-order chi connectivity index (χ0) is 20.7. The summed E-state index contributed by atoms with van der Waals surface area (Å²) in [5.74, 6) is 1.69. The van der Waals surface area contributed by atoms with Gasteiger partial charge in [-0.25, -0.2) is 0 Å². The SMILES string of the molecule is CC(C)Oc1ccccc1-c1cccc2nn3c(N4CCCCC4)cc(=O)[nH]c3c12. The molecule has 6 nitrogen and oxygen atoms in total. The van der Waals surface area contributed by atoms with Crippen molar-refractivity contribution in [2.24, 2.45) is 0 Å². The van der Waals surface area contributed by atoms with Gasteiger partial charge in [0.2, 0.25) is 0 Å². The molecule has 1 fully saturated rings. The zero-order valence-electron chi connectivity index (χ0n) is 17.4. The van der Waals surface area contributed by atoms with Gasteiger partial charge in [0.15, 0.2) is 0 Å². The van der Waals surface area contributed by atoms with Gasteiger partial charge in [-0.05, 0) is 50.8 Å². The number of fused-ring (bicyclic) bond motifs is 3. The Morgan fingerprint density at radius 3 is 2.57 bits per heavy atom. The summed E-state index contributed by atoms with van der Waals surface area (Å²) in [5.41, 5.74) is 3.48. The van der Waals surface area contributed by atoms with Crippen molar-refractivity contribution in [1.82, 2.24) is 14.6 Å². The van der Waals surface area contributed by atoms with Crippen LogP contribution in [0.4, 0.5) is 5.82 Å². The Hall–Kier alpha value is -3.28. The number of H-pyrrole nitrogens is 1. The lowest BCUT2D eigenvalue weighted by molar-refractivity contribution is 0.243. The van der Waals surface area contributed by atoms with E-state index >= 15 is 0 Å². The molecule has 5 rings (SSSR count). The molecule has 0 aliphatic carbocycles. The van der Waals surface area contributed by atoms with Gasteiger partial charge in [-0.2, -0.15) is 9.61 Å². The van der Waals surface area contributed by atoms with Crippen molar-refractivity contribution in [1.29, 1.82) is 0 Å². The Labute approximate surface area is 175 Å². The first-order valence-corrected chi connectivity index (χ1v) is 10.7. The molecular formula is C24H26N4O2. The summed E-state index contributed by atoms with van der Waals surface area (Å²) in [6.45, 7) is 5.95. The van der Waals surface area contributed by atoms with Crippen LogP contribution >= 0.6 is 0 Å². The number of hydrogen-bond acceptors (Lipinski definition) is 4. The lowest BCUT2D eigenvalue weighted by Crippen LogP contribution is -2.32. The van der Waals surface area contributed by atoms with Crippen LogP contribution in [0.5, 0.6) is 5.75 Å². The predicted octanol–water partition coefficient (Wildman–Crippen LogP) is 4.62. The number of hydrogen-bond donors (Lipinski definition) is 1. The van der Waals surface area contributed by atoms with Gasteiger partial charge in [0.25, 0.3) is 5.56 Å². The summed E-state index contributed by atoms with van der Waals surface area (Å²) in [5, 5.41) is 5.81. The first kappa shape index (κ1) is 18.7. The molecule has 2 aromatic carbocycles. The zero-order valence-corrected chi connectivity index (χ0v) is 17.4. The standard InChI is InChI=1S/C24H26N4O2/c1-16(2)30-20-12-5-4-9-17(20)18-10-8-11-19-23(18)24-25-21(29)15-22(28(24)26-19)27-13-6-3-7-14-27/h4-5,8-12,15-16H,3,6-7,13-14H2,1-2H3,(H,25,29). The van der Waals surface area contributed by atoms with E-state index in [4.69, 9.17) is 9.84 Å². The number of benzene rings is 2. The Morgan fingerprint density at radius 1 is 1.00 bits per heavy atom. The third-order valence-corrected chi connectivity index (χ3v) is 5.64. The fourth-order valence-corrected chi connectivity index (χ4v) is 4.37. The number of anilines is 1. The predicted molar refractivity (Wildman–Crippen MR) is 121 cm³/mol. The largest absolute Gasteiger partial charge is 0.490 e. The van der Waals surface area contributed by atoms with E-state index in [2.05, 4.69) is 22.0 Å². The van der Waals surface area contributed by atoms with E-state index in [1.165, 1.54) is 6.42 Å². The molecule has 3 heterocycles. The highest BCUT2D eigenvalue weighted by atomic mass is 16.5. The molecule has 1 aliphatic rings. The molecular weight excluding hydrogens is 376 g/mol. The van der Waals surface area contributed by atoms with Crippen molar-refractivity contribution in [3.8, 4) is 16.9 Å². The maximum Gasteiger partial charge on any atom is 0.253 e. The Kier molecular flexibility index (Phi) is 4.69.